The Morgan fingerprint density at radius 3 is 1.37 bits per heavy atom. The number of ether oxygens (including phenoxy) is 2. The predicted octanol–water partition coefficient (Wildman–Crippen LogP) is 9.52. The van der Waals surface area contributed by atoms with Crippen LogP contribution in [0.3, 0.4) is 0 Å². The Morgan fingerprint density at radius 1 is 0.417 bits per heavy atom. The molecule has 10 aromatic rings. The summed E-state index contributed by atoms with van der Waals surface area (Å²) >= 11 is 0. The van der Waals surface area contributed by atoms with Gasteiger partial charge in [-0.15, -0.1) is 0 Å². The summed E-state index contributed by atoms with van der Waals surface area (Å²) in [7, 11) is 0. The van der Waals surface area contributed by atoms with Gasteiger partial charge in [-0.1, -0.05) is 169 Å². The molecule has 4 nitrogen and oxygen atoms in total. The van der Waals surface area contributed by atoms with Gasteiger partial charge in [0, 0.05) is 38.4 Å². The molecule has 1 saturated carbocycles. The molecule has 1 aliphatic carbocycles. The highest BCUT2D eigenvalue weighted by molar-refractivity contribution is 6.95. The van der Waals surface area contributed by atoms with Gasteiger partial charge >= 0.3 is 0 Å². The van der Waals surface area contributed by atoms with E-state index in [1.807, 2.05) is 0 Å². The van der Waals surface area contributed by atoms with Crippen molar-refractivity contribution in [3.63, 3.8) is 0 Å². The van der Waals surface area contributed by atoms with Crippen molar-refractivity contribution in [1.82, 2.24) is 9.13 Å². The second-order valence-electron chi connectivity index (χ2n) is 18.1. The lowest BCUT2D eigenvalue weighted by Crippen LogP contribution is -2.69. The van der Waals surface area contributed by atoms with E-state index in [9.17, 15) is 0 Å². The van der Waals surface area contributed by atoms with E-state index in [0.29, 0.717) is 0 Å². The van der Waals surface area contributed by atoms with Gasteiger partial charge in [0.05, 0.1) is 23.1 Å². The molecular formula is C54H34B2N2O2. The fourth-order valence-corrected chi connectivity index (χ4v) is 13.8. The molecule has 0 amide bonds. The van der Waals surface area contributed by atoms with Crippen LogP contribution < -0.4 is 31.3 Å². The molecule has 0 saturated heterocycles. The van der Waals surface area contributed by atoms with Crippen LogP contribution in [0.15, 0.2) is 170 Å². The average Bonchev–Trinajstić information content (AvgIpc) is 3.96. The fourth-order valence-electron chi connectivity index (χ4n) is 13.8. The first-order chi connectivity index (χ1) is 29.8. The Bertz CT molecular complexity index is 3340. The number of para-hydroxylation sites is 2. The summed E-state index contributed by atoms with van der Waals surface area (Å²) in [6, 6.07) is 63.8. The van der Waals surface area contributed by atoms with Crippen molar-refractivity contribution in [2.75, 3.05) is 0 Å². The first-order valence-corrected chi connectivity index (χ1v) is 21.6. The second kappa shape index (κ2) is 10.6. The summed E-state index contributed by atoms with van der Waals surface area (Å²) < 4.78 is 21.1. The lowest BCUT2D eigenvalue weighted by Gasteiger charge is -2.59. The highest BCUT2D eigenvalue weighted by Gasteiger charge is 2.67. The van der Waals surface area contributed by atoms with Gasteiger partial charge in [-0.2, -0.15) is 0 Å². The van der Waals surface area contributed by atoms with Crippen molar-refractivity contribution in [2.24, 2.45) is 0 Å². The SMILES string of the molecule is c1ccc(-c2cccc(B(c3cccc(-c4ccccc4)c3)C3C4Oc5cccc6c7ccc8c9c7n(c56)C4[C@@H]4B9c5c-8ccc6c7cccc8c7n(c56)[C@@H]4C3O8)c2)cc1. The summed E-state index contributed by atoms with van der Waals surface area (Å²) in [6.45, 7) is 0.226. The Kier molecular flexibility index (Phi) is 5.51. The van der Waals surface area contributed by atoms with Crippen LogP contribution >= 0.6 is 0 Å². The highest BCUT2D eigenvalue weighted by atomic mass is 16.5. The number of nitrogens with zero attached hydrogens (tertiary/aromatic N) is 2. The Morgan fingerprint density at radius 2 is 0.867 bits per heavy atom. The van der Waals surface area contributed by atoms with Crippen LogP contribution in [0.4, 0.5) is 0 Å². The largest absolute Gasteiger partial charge is 0.486 e. The third-order valence-electron chi connectivity index (χ3n) is 15.7. The van der Waals surface area contributed by atoms with Gasteiger partial charge in [-0.05, 0) is 62.3 Å². The molecule has 7 heterocycles. The minimum absolute atomic E-state index is 0.0454. The number of benzene rings is 8. The van der Waals surface area contributed by atoms with Gasteiger partial charge in [0.1, 0.15) is 23.7 Å². The van der Waals surface area contributed by atoms with E-state index in [2.05, 4.69) is 179 Å². The minimum Gasteiger partial charge on any atom is -0.486 e. The first-order valence-electron chi connectivity index (χ1n) is 21.6. The summed E-state index contributed by atoms with van der Waals surface area (Å²) in [6.07, 6.45) is -0.317. The van der Waals surface area contributed by atoms with Crippen molar-refractivity contribution >= 4 is 78.9 Å². The second-order valence-corrected chi connectivity index (χ2v) is 18.1. The maximum Gasteiger partial charge on any atom is 0.223 e. The topological polar surface area (TPSA) is 28.3 Å². The molecule has 2 aromatic heterocycles. The Hall–Kier alpha value is -6.91. The van der Waals surface area contributed by atoms with Crippen molar-refractivity contribution in [1.29, 1.82) is 0 Å². The van der Waals surface area contributed by atoms with E-state index in [4.69, 9.17) is 9.47 Å². The maximum atomic E-state index is 7.74. The fraction of sp³-hybridized carbons (Fsp3) is 0.111. The van der Waals surface area contributed by atoms with Gasteiger partial charge in [-0.25, -0.2) is 0 Å². The molecule has 0 radical (unpaired) electrons. The first kappa shape index (κ1) is 31.1. The van der Waals surface area contributed by atoms with Gasteiger partial charge in [0.25, 0.3) is 0 Å². The van der Waals surface area contributed by atoms with Crippen molar-refractivity contribution in [2.45, 2.75) is 35.9 Å². The number of rotatable bonds is 5. The number of hydrogen-bond donors (Lipinski definition) is 0. The van der Waals surface area contributed by atoms with Crippen molar-refractivity contribution in [3.8, 4) is 44.9 Å². The quantitative estimate of drug-likeness (QED) is 0.164. The Balaban J connectivity index is 1.03. The van der Waals surface area contributed by atoms with Crippen LogP contribution in [0.5, 0.6) is 11.5 Å². The summed E-state index contributed by atoms with van der Waals surface area (Å²) in [5.74, 6) is 2.19. The zero-order valence-corrected chi connectivity index (χ0v) is 32.5. The van der Waals surface area contributed by atoms with Gasteiger partial charge < -0.3 is 18.6 Å². The standard InChI is InChI=1S/C54H34B2N2O2/c1-3-11-29(12-4-1)31-15-7-17-33(27-31)55(34-18-8-16-32(28-34)30-13-5-2-6-14-30)46-53-51-45-52-54(46)60-42-22-10-20-38-40-26-24-36-35-23-25-39-37-19-9-21-41(59-53)47(37)57(51)49(39)43(35)56(45)44(36)50(40)58(52)48(38)42/h1-28,45-46,51-54H/t45-,46?,51+,52?,53?,54?/m1/s1. The van der Waals surface area contributed by atoms with Crippen LogP contribution in [-0.2, 0) is 0 Å². The number of aromatic nitrogens is 2. The summed E-state index contributed by atoms with van der Waals surface area (Å²) in [5, 5.41) is 5.31. The predicted molar refractivity (Wildman–Crippen MR) is 246 cm³/mol. The van der Waals surface area contributed by atoms with E-state index in [-0.39, 0.29) is 49.4 Å². The Labute approximate surface area is 346 Å². The minimum atomic E-state index is -0.159. The van der Waals surface area contributed by atoms with Crippen LogP contribution in [0.25, 0.3) is 77.0 Å². The van der Waals surface area contributed by atoms with Crippen LogP contribution in [0.1, 0.15) is 12.1 Å². The zero-order valence-electron chi connectivity index (χ0n) is 32.5. The maximum absolute atomic E-state index is 7.74. The van der Waals surface area contributed by atoms with E-state index < -0.39 is 0 Å². The highest BCUT2D eigenvalue weighted by Crippen LogP contribution is 2.65. The normalized spacial score (nSPS) is 22.6. The molecule has 5 aliphatic heterocycles. The lowest BCUT2D eigenvalue weighted by molar-refractivity contribution is -0.00862. The molecular weight excluding hydrogens is 730 g/mol. The lowest BCUT2D eigenvalue weighted by atomic mass is 9.24. The molecule has 278 valence electrons. The van der Waals surface area contributed by atoms with Crippen LogP contribution in [0.2, 0.25) is 11.6 Å². The summed E-state index contributed by atoms with van der Waals surface area (Å²) in [4.78, 5) is 0. The molecule has 60 heavy (non-hydrogen) atoms. The molecule has 6 heteroatoms. The zero-order chi connectivity index (χ0) is 38.5. The molecule has 0 bridgehead atoms. The van der Waals surface area contributed by atoms with E-state index in [0.717, 1.165) is 11.5 Å². The summed E-state index contributed by atoms with van der Waals surface area (Å²) in [5.41, 5.74) is 18.7. The molecule has 16 rings (SSSR count). The number of hydrogen-bond acceptors (Lipinski definition) is 2. The van der Waals surface area contributed by atoms with Gasteiger partial charge in [-0.3, -0.25) is 0 Å². The van der Waals surface area contributed by atoms with Gasteiger partial charge in [0.2, 0.25) is 13.4 Å². The third kappa shape index (κ3) is 3.51. The molecule has 0 N–H and O–H groups in total. The average molecular weight is 765 g/mol. The number of fused-ring (bicyclic) bond motifs is 3. The van der Waals surface area contributed by atoms with Crippen LogP contribution in [-0.4, -0.2) is 34.8 Å². The third-order valence-corrected chi connectivity index (χ3v) is 15.7. The van der Waals surface area contributed by atoms with E-state index in [1.54, 1.807) is 0 Å². The van der Waals surface area contributed by atoms with E-state index in [1.165, 1.54) is 98.8 Å². The van der Waals surface area contributed by atoms with E-state index >= 15 is 0 Å². The van der Waals surface area contributed by atoms with Crippen molar-refractivity contribution < 1.29 is 9.47 Å². The van der Waals surface area contributed by atoms with Crippen LogP contribution in [0, 0.1) is 0 Å². The van der Waals surface area contributed by atoms with Crippen molar-refractivity contribution in [3.05, 3.63) is 170 Å². The monoisotopic (exact) mass is 764 g/mol. The van der Waals surface area contributed by atoms with Gasteiger partial charge in [0.15, 0.2) is 0 Å². The molecule has 6 aliphatic rings. The molecule has 1 fully saturated rings. The molecule has 8 aromatic carbocycles. The molecule has 4 unspecified atom stereocenters. The molecule has 0 spiro atoms. The molecule has 6 atom stereocenters. The smallest absolute Gasteiger partial charge is 0.223 e.